The van der Waals surface area contributed by atoms with Gasteiger partial charge in [-0.1, -0.05) is 18.2 Å². The van der Waals surface area contributed by atoms with Crippen molar-refractivity contribution in [3.8, 4) is 5.69 Å². The molecule has 0 radical (unpaired) electrons. The van der Waals surface area contributed by atoms with Gasteiger partial charge in [0.25, 0.3) is 0 Å². The molecule has 2 atom stereocenters. The summed E-state index contributed by atoms with van der Waals surface area (Å²) in [6, 6.07) is 22.5. The van der Waals surface area contributed by atoms with Crippen molar-refractivity contribution in [1.29, 1.82) is 0 Å². The monoisotopic (exact) mass is 539 g/mol. The van der Waals surface area contributed by atoms with Crippen molar-refractivity contribution in [3.05, 3.63) is 107 Å². The molecule has 5 rings (SSSR count). The molecule has 0 spiro atoms. The number of methoxy groups -OCH3 is 1. The molecule has 2 aromatic carbocycles. The van der Waals surface area contributed by atoms with E-state index in [1.165, 1.54) is 18.2 Å². The van der Waals surface area contributed by atoms with Gasteiger partial charge < -0.3 is 24.8 Å². The molecule has 1 aliphatic heterocycles. The fourth-order valence-corrected chi connectivity index (χ4v) is 5.80. The summed E-state index contributed by atoms with van der Waals surface area (Å²) in [5.74, 6) is -0.191. The first-order chi connectivity index (χ1) is 18.8. The molecule has 1 saturated heterocycles. The van der Waals surface area contributed by atoms with Crippen molar-refractivity contribution in [1.82, 2.24) is 14.9 Å². The number of hydrogen-bond donors (Lipinski definition) is 2. The van der Waals surface area contributed by atoms with Gasteiger partial charge in [-0.15, -0.1) is 0 Å². The minimum absolute atomic E-state index is 0.00566. The maximum Gasteiger partial charge on any atom is 0.250 e. The van der Waals surface area contributed by atoms with Gasteiger partial charge in [-0.3, -0.25) is 9.78 Å². The third-order valence-corrected chi connectivity index (χ3v) is 7.50. The smallest absolute Gasteiger partial charge is 0.250 e. The van der Waals surface area contributed by atoms with E-state index in [-0.39, 0.29) is 24.6 Å². The molecule has 0 bridgehead atoms. The number of benzene rings is 2. The summed E-state index contributed by atoms with van der Waals surface area (Å²) in [5, 5.41) is 7.10. The number of aromatic nitrogens is 2. The molecule has 4 aromatic rings. The Bertz CT molecular complexity index is 1530. The minimum atomic E-state index is -0.191. The van der Waals surface area contributed by atoms with Crippen molar-refractivity contribution in [3.63, 3.8) is 0 Å². The summed E-state index contributed by atoms with van der Waals surface area (Å²) >= 11 is 5.94. The molecule has 2 unspecified atom stereocenters. The molecule has 1 fully saturated rings. The van der Waals surface area contributed by atoms with E-state index >= 15 is 0 Å². The molecule has 0 aliphatic carbocycles. The highest BCUT2D eigenvalue weighted by Gasteiger charge is 2.42. The lowest BCUT2D eigenvalue weighted by atomic mass is 9.96. The zero-order valence-corrected chi connectivity index (χ0v) is 23.7. The van der Waals surface area contributed by atoms with Crippen molar-refractivity contribution in [2.75, 3.05) is 23.9 Å². The fraction of sp³-hybridized carbons (Fsp3) is 0.258. The first kappa shape index (κ1) is 26.6. The molecule has 0 saturated carbocycles. The van der Waals surface area contributed by atoms with Crippen LogP contribution < -0.4 is 15.5 Å². The average molecular weight is 540 g/mol. The third-order valence-electron chi connectivity index (χ3n) is 7.18. The number of thiocarbonyl (C=S) groups is 1. The number of rotatable bonds is 7. The van der Waals surface area contributed by atoms with E-state index in [0.717, 1.165) is 39.7 Å². The predicted octanol–water partition coefficient (Wildman–Crippen LogP) is 5.87. The number of pyridine rings is 1. The van der Waals surface area contributed by atoms with Crippen LogP contribution in [0.5, 0.6) is 0 Å². The number of nitrogens with one attached hydrogen (secondary N) is 2. The van der Waals surface area contributed by atoms with Gasteiger partial charge >= 0.3 is 0 Å². The summed E-state index contributed by atoms with van der Waals surface area (Å²) in [5.41, 5.74) is 9.38. The molecular formula is C31H33N5O2S. The number of carbonyl (C=O) groups excluding carboxylic acids is 1. The Morgan fingerprint density at radius 2 is 1.85 bits per heavy atom. The number of nitrogens with zero attached hydrogens (tertiary/aromatic N) is 3. The van der Waals surface area contributed by atoms with Gasteiger partial charge in [0.05, 0.1) is 17.8 Å². The third kappa shape index (κ3) is 5.17. The molecule has 200 valence electrons. The highest BCUT2D eigenvalue weighted by molar-refractivity contribution is 7.80. The lowest BCUT2D eigenvalue weighted by molar-refractivity contribution is -0.119. The van der Waals surface area contributed by atoms with E-state index in [4.69, 9.17) is 21.9 Å². The summed E-state index contributed by atoms with van der Waals surface area (Å²) < 4.78 is 7.26. The predicted molar refractivity (Wildman–Crippen MR) is 160 cm³/mol. The Labute approximate surface area is 234 Å². The number of aryl methyl sites for hydroxylation is 3. The summed E-state index contributed by atoms with van der Waals surface area (Å²) in [6.07, 6.45) is 1.82. The van der Waals surface area contributed by atoms with Crippen molar-refractivity contribution in [2.24, 2.45) is 0 Å². The van der Waals surface area contributed by atoms with Crippen LogP contribution in [0, 0.1) is 27.7 Å². The van der Waals surface area contributed by atoms with E-state index in [1.807, 2.05) is 43.5 Å². The van der Waals surface area contributed by atoms with Crippen LogP contribution in [0.15, 0.2) is 72.9 Å². The first-order valence-electron chi connectivity index (χ1n) is 12.9. The van der Waals surface area contributed by atoms with Crippen LogP contribution in [0.25, 0.3) is 5.69 Å². The quantitative estimate of drug-likeness (QED) is 0.286. The largest absolute Gasteiger partial charge is 0.375 e. The zero-order valence-electron chi connectivity index (χ0n) is 22.9. The molecule has 8 heteroatoms. The van der Waals surface area contributed by atoms with Gasteiger partial charge in [0.1, 0.15) is 6.61 Å². The second-order valence-corrected chi connectivity index (χ2v) is 10.4. The molecule has 3 heterocycles. The molecule has 2 N–H and O–H groups in total. The Morgan fingerprint density at radius 1 is 1.03 bits per heavy atom. The lowest BCUT2D eigenvalue weighted by Crippen LogP contribution is -2.29. The Balaban J connectivity index is 1.61. The molecule has 1 aliphatic rings. The van der Waals surface area contributed by atoms with E-state index < -0.39 is 0 Å². The van der Waals surface area contributed by atoms with Crippen molar-refractivity contribution >= 4 is 34.6 Å². The van der Waals surface area contributed by atoms with Gasteiger partial charge in [-0.25, -0.2) is 0 Å². The maximum atomic E-state index is 12.1. The second-order valence-electron chi connectivity index (χ2n) is 9.98. The van der Waals surface area contributed by atoms with Gasteiger partial charge in [-0.05, 0) is 105 Å². The van der Waals surface area contributed by atoms with Crippen LogP contribution in [-0.4, -0.2) is 34.3 Å². The Hall–Kier alpha value is -4.01. The zero-order chi connectivity index (χ0) is 27.7. The SMILES string of the molecule is COCC(=O)Nc1ccc(N2C(=S)NC(c3ccccn3)C2c2cc(C)n(-c3cccc(C)c3)c2C)cc1C. The minimum Gasteiger partial charge on any atom is -0.375 e. The number of carbonyl (C=O) groups is 1. The van der Waals surface area contributed by atoms with E-state index in [1.54, 1.807) is 0 Å². The standard InChI is InChI=1S/C31H33N5O2S/c1-19-9-8-10-23(15-19)35-21(3)17-25(22(35)4)30-29(27-11-6-7-14-32-27)34-31(39)36(30)24-12-13-26(20(2)16-24)33-28(37)18-38-5/h6-17,29-30H,18H2,1-5H3,(H,33,37)(H,34,39). The number of anilines is 2. The van der Waals surface area contributed by atoms with E-state index in [2.05, 4.69) is 77.3 Å². The molecule has 1 amide bonds. The van der Waals surface area contributed by atoms with Crippen LogP contribution in [0.4, 0.5) is 11.4 Å². The molecule has 39 heavy (non-hydrogen) atoms. The van der Waals surface area contributed by atoms with Crippen LogP contribution in [-0.2, 0) is 9.53 Å². The number of hydrogen-bond acceptors (Lipinski definition) is 4. The fourth-order valence-electron chi connectivity index (χ4n) is 5.46. The average Bonchev–Trinajstić information content (AvgIpc) is 3.40. The topological polar surface area (TPSA) is 71.4 Å². The molecule has 7 nitrogen and oxygen atoms in total. The molecular weight excluding hydrogens is 506 g/mol. The van der Waals surface area contributed by atoms with Gasteiger partial charge in [0.2, 0.25) is 5.91 Å². The highest BCUT2D eigenvalue weighted by Crippen LogP contribution is 2.44. The van der Waals surface area contributed by atoms with Gasteiger partial charge in [0.15, 0.2) is 5.11 Å². The van der Waals surface area contributed by atoms with Crippen LogP contribution in [0.2, 0.25) is 0 Å². The maximum absolute atomic E-state index is 12.1. The molecule has 2 aromatic heterocycles. The number of ether oxygens (including phenoxy) is 1. The van der Waals surface area contributed by atoms with Crippen LogP contribution in [0.1, 0.15) is 45.9 Å². The first-order valence-corrected chi connectivity index (χ1v) is 13.3. The number of amides is 1. The van der Waals surface area contributed by atoms with Crippen molar-refractivity contribution in [2.45, 2.75) is 39.8 Å². The van der Waals surface area contributed by atoms with E-state index in [9.17, 15) is 4.79 Å². The van der Waals surface area contributed by atoms with Crippen LogP contribution >= 0.6 is 12.2 Å². The van der Waals surface area contributed by atoms with Crippen LogP contribution in [0.3, 0.4) is 0 Å². The normalized spacial score (nSPS) is 16.8. The van der Waals surface area contributed by atoms with Gasteiger partial charge in [-0.2, -0.15) is 0 Å². The summed E-state index contributed by atoms with van der Waals surface area (Å²) in [7, 11) is 1.50. The summed E-state index contributed by atoms with van der Waals surface area (Å²) in [4.78, 5) is 19.0. The lowest BCUT2D eigenvalue weighted by Gasteiger charge is -2.29. The summed E-state index contributed by atoms with van der Waals surface area (Å²) in [6.45, 7) is 8.40. The second kappa shape index (κ2) is 11.0. The van der Waals surface area contributed by atoms with Gasteiger partial charge in [0, 0.05) is 41.8 Å². The Kier molecular flexibility index (Phi) is 7.50. The highest BCUT2D eigenvalue weighted by atomic mass is 32.1. The Morgan fingerprint density at radius 3 is 2.54 bits per heavy atom. The van der Waals surface area contributed by atoms with Crippen molar-refractivity contribution < 1.29 is 9.53 Å². The van der Waals surface area contributed by atoms with E-state index in [0.29, 0.717) is 5.11 Å².